The van der Waals surface area contributed by atoms with Crippen molar-refractivity contribution in [1.29, 1.82) is 0 Å². The second-order valence-electron chi connectivity index (χ2n) is 11.4. The Morgan fingerprint density at radius 1 is 0.792 bits per heavy atom. The van der Waals surface area contributed by atoms with E-state index in [2.05, 4.69) is 0 Å². The van der Waals surface area contributed by atoms with Crippen LogP contribution in [0.3, 0.4) is 0 Å². The van der Waals surface area contributed by atoms with Gasteiger partial charge >= 0.3 is 18.0 Å². The number of hydrogen-bond acceptors (Lipinski definition) is 4. The summed E-state index contributed by atoms with van der Waals surface area (Å²) in [5.74, 6) is -20.0. The van der Waals surface area contributed by atoms with Crippen LogP contribution in [0.15, 0.2) is 97.2 Å². The Morgan fingerprint density at radius 2 is 1.29 bits per heavy atom. The minimum absolute atomic E-state index is 0.00390. The van der Waals surface area contributed by atoms with Gasteiger partial charge in [-0.25, -0.2) is 10.0 Å². The average Bonchev–Trinajstić information content (AvgIpc) is 3.04. The van der Waals surface area contributed by atoms with Crippen molar-refractivity contribution in [2.24, 2.45) is 5.92 Å². The fraction of sp³-hybridized carbons (Fsp3) is 0.294. The Kier molecular flexibility index (Phi) is 10.2. The third kappa shape index (κ3) is 6.69. The average molecular weight is 678 g/mol. The van der Waals surface area contributed by atoms with Gasteiger partial charge in [0.1, 0.15) is 12.1 Å². The molecule has 0 bridgehead atoms. The number of benzene rings is 3. The predicted octanol–water partition coefficient (Wildman–Crippen LogP) is 6.77. The van der Waals surface area contributed by atoms with Gasteiger partial charge in [0.15, 0.2) is 0 Å². The van der Waals surface area contributed by atoms with Gasteiger partial charge in [-0.15, -0.1) is 0 Å². The molecule has 0 radical (unpaired) electrons. The van der Waals surface area contributed by atoms with Crippen LogP contribution in [0.2, 0.25) is 0 Å². The Morgan fingerprint density at radius 3 is 1.77 bits per heavy atom. The SMILES string of the molecule is CC(=O)N(C(Cc1ccccc1)C(=O)C(F)(F)C(F)(F)C(F)(F)F)N1C(=O)C(C(C)C)N(C(=O)c2ccccc2)C=C1c1ccccc1. The van der Waals surface area contributed by atoms with Crippen molar-refractivity contribution in [3.63, 3.8) is 0 Å². The van der Waals surface area contributed by atoms with Gasteiger partial charge in [0, 0.05) is 30.7 Å². The van der Waals surface area contributed by atoms with Crippen LogP contribution in [-0.2, 0) is 20.8 Å². The third-order valence-corrected chi connectivity index (χ3v) is 7.67. The van der Waals surface area contributed by atoms with Crippen molar-refractivity contribution < 1.29 is 49.9 Å². The quantitative estimate of drug-likeness (QED) is 0.222. The Labute approximate surface area is 271 Å². The maximum Gasteiger partial charge on any atom is 0.460 e. The van der Waals surface area contributed by atoms with Gasteiger partial charge in [-0.1, -0.05) is 92.7 Å². The summed E-state index contributed by atoms with van der Waals surface area (Å²) in [6.07, 6.45) is -6.67. The highest BCUT2D eigenvalue weighted by atomic mass is 19.4. The second-order valence-corrected chi connectivity index (χ2v) is 11.4. The van der Waals surface area contributed by atoms with Crippen molar-refractivity contribution in [3.8, 4) is 0 Å². The predicted molar refractivity (Wildman–Crippen MR) is 160 cm³/mol. The Balaban J connectivity index is 1.99. The van der Waals surface area contributed by atoms with Crippen LogP contribution in [0, 0.1) is 5.92 Å². The summed E-state index contributed by atoms with van der Waals surface area (Å²) in [6.45, 7) is 3.82. The van der Waals surface area contributed by atoms with Crippen LogP contribution in [0.5, 0.6) is 0 Å². The zero-order valence-corrected chi connectivity index (χ0v) is 25.8. The van der Waals surface area contributed by atoms with Gasteiger partial charge in [-0.3, -0.25) is 24.1 Å². The van der Waals surface area contributed by atoms with Gasteiger partial charge < -0.3 is 0 Å². The Hall–Kier alpha value is -5.01. The van der Waals surface area contributed by atoms with E-state index in [-0.39, 0.29) is 27.4 Å². The van der Waals surface area contributed by atoms with Gasteiger partial charge in [0.05, 0.1) is 5.70 Å². The summed E-state index contributed by atoms with van der Waals surface area (Å²) in [6, 6.07) is 17.8. The molecule has 7 nitrogen and oxygen atoms in total. The van der Waals surface area contributed by atoms with E-state index in [0.29, 0.717) is 5.01 Å². The van der Waals surface area contributed by atoms with Crippen LogP contribution >= 0.6 is 0 Å². The molecule has 0 saturated carbocycles. The van der Waals surface area contributed by atoms with E-state index in [9.17, 15) is 41.1 Å². The maximum atomic E-state index is 15.2. The monoisotopic (exact) mass is 677 g/mol. The number of carbonyl (C=O) groups is 4. The molecular formula is C34H30F7N3O4. The normalized spacial score (nSPS) is 16.4. The summed E-state index contributed by atoms with van der Waals surface area (Å²) in [5.41, 5.74) is -0.0379. The lowest BCUT2D eigenvalue weighted by Gasteiger charge is -2.47. The summed E-state index contributed by atoms with van der Waals surface area (Å²) >= 11 is 0. The van der Waals surface area contributed by atoms with Crippen molar-refractivity contribution in [2.75, 3.05) is 0 Å². The van der Waals surface area contributed by atoms with Crippen LogP contribution in [0.25, 0.3) is 5.70 Å². The number of alkyl halides is 7. The molecule has 3 aromatic carbocycles. The highest BCUT2D eigenvalue weighted by Gasteiger charge is 2.77. The molecule has 1 aliphatic heterocycles. The number of rotatable bonds is 10. The number of halogens is 7. The van der Waals surface area contributed by atoms with Crippen LogP contribution in [0.4, 0.5) is 30.7 Å². The fourth-order valence-electron chi connectivity index (χ4n) is 5.35. The van der Waals surface area contributed by atoms with Gasteiger partial charge in [-0.2, -0.15) is 30.7 Å². The molecule has 0 aromatic heterocycles. The molecule has 0 N–H and O–H groups in total. The van der Waals surface area contributed by atoms with E-state index >= 15 is 8.78 Å². The molecule has 0 spiro atoms. The topological polar surface area (TPSA) is 78.0 Å². The molecule has 2 unspecified atom stereocenters. The van der Waals surface area contributed by atoms with Gasteiger partial charge in [0.2, 0.25) is 11.7 Å². The molecule has 4 rings (SSSR count). The number of hydrazine groups is 1. The van der Waals surface area contributed by atoms with Gasteiger partial charge in [0.25, 0.3) is 11.8 Å². The summed E-state index contributed by atoms with van der Waals surface area (Å²) in [4.78, 5) is 56.2. The van der Waals surface area contributed by atoms with E-state index in [1.165, 1.54) is 80.6 Å². The molecule has 0 fully saturated rings. The van der Waals surface area contributed by atoms with Crippen LogP contribution < -0.4 is 0 Å². The minimum atomic E-state index is -6.85. The molecule has 3 amide bonds. The third-order valence-electron chi connectivity index (χ3n) is 7.67. The molecule has 254 valence electrons. The first-order valence-electron chi connectivity index (χ1n) is 14.6. The molecule has 14 heteroatoms. The van der Waals surface area contributed by atoms with E-state index in [1.54, 1.807) is 24.3 Å². The van der Waals surface area contributed by atoms with E-state index in [0.717, 1.165) is 18.0 Å². The van der Waals surface area contributed by atoms with Crippen molar-refractivity contribution in [1.82, 2.24) is 14.9 Å². The number of carbonyl (C=O) groups excluding carboxylic acids is 4. The zero-order valence-electron chi connectivity index (χ0n) is 25.8. The Bertz CT molecular complexity index is 1680. The standard InChI is InChI=1S/C34H30F7N3O4/c1-21(2)28-31(48)44(27(24-15-9-5-10-16-24)20-42(28)30(47)25-17-11-6-12-18-25)43(22(3)45)26(19-23-13-7-4-8-14-23)29(46)32(35,36)33(37,38)34(39,40)41/h4-18,20-21,26,28H,19H2,1-3H3. The molecule has 1 aliphatic rings. The molecule has 2 atom stereocenters. The zero-order chi connectivity index (χ0) is 35.6. The lowest BCUT2D eigenvalue weighted by molar-refractivity contribution is -0.344. The van der Waals surface area contributed by atoms with E-state index in [1.807, 2.05) is 0 Å². The van der Waals surface area contributed by atoms with Crippen molar-refractivity contribution >= 4 is 29.2 Å². The largest absolute Gasteiger partial charge is 0.460 e. The lowest BCUT2D eigenvalue weighted by Crippen LogP contribution is -2.67. The molecule has 0 aliphatic carbocycles. The van der Waals surface area contributed by atoms with Crippen LogP contribution in [-0.4, -0.2) is 68.5 Å². The highest BCUT2D eigenvalue weighted by Crippen LogP contribution is 2.48. The molecule has 0 saturated heterocycles. The van der Waals surface area contributed by atoms with E-state index in [4.69, 9.17) is 0 Å². The summed E-state index contributed by atoms with van der Waals surface area (Å²) in [7, 11) is 0. The van der Waals surface area contributed by atoms with Crippen molar-refractivity contribution in [2.45, 2.75) is 57.3 Å². The summed E-state index contributed by atoms with van der Waals surface area (Å²) < 4.78 is 98.8. The molecule has 3 aromatic rings. The molecule has 48 heavy (non-hydrogen) atoms. The number of hydrogen-bond donors (Lipinski definition) is 0. The summed E-state index contributed by atoms with van der Waals surface area (Å²) in [5, 5.41) is 0.695. The highest BCUT2D eigenvalue weighted by molar-refractivity contribution is 6.04. The van der Waals surface area contributed by atoms with Crippen molar-refractivity contribution in [3.05, 3.63) is 114 Å². The van der Waals surface area contributed by atoms with Crippen LogP contribution in [0.1, 0.15) is 42.3 Å². The number of ketones is 1. The van der Waals surface area contributed by atoms with E-state index < -0.39 is 65.9 Å². The van der Waals surface area contributed by atoms with Gasteiger partial charge in [-0.05, 0) is 23.6 Å². The molecular weight excluding hydrogens is 647 g/mol. The first-order valence-corrected chi connectivity index (χ1v) is 14.6. The smallest absolute Gasteiger partial charge is 0.300 e. The minimum Gasteiger partial charge on any atom is -0.300 e. The first-order chi connectivity index (χ1) is 22.4. The number of Topliss-reactive ketones (excluding diaryl/α,β-unsaturated/α-hetero) is 1. The molecule has 1 heterocycles. The maximum absolute atomic E-state index is 15.2. The lowest BCUT2D eigenvalue weighted by atomic mass is 9.93. The fourth-order valence-corrected chi connectivity index (χ4v) is 5.35. The number of nitrogens with zero attached hydrogens (tertiary/aromatic N) is 3. The second kappa shape index (κ2) is 13.6. The number of amides is 3. The first kappa shape index (κ1) is 35.8.